The third kappa shape index (κ3) is 3.58. The van der Waals surface area contributed by atoms with Crippen molar-refractivity contribution in [3.8, 4) is 11.4 Å². The number of para-hydroxylation sites is 5. The Balaban J connectivity index is 1.26. The first-order valence-corrected chi connectivity index (χ1v) is 18.1. The molecule has 0 fully saturated rings. The normalized spacial score (nSPS) is 16.2. The molecule has 0 N–H and O–H groups in total. The van der Waals surface area contributed by atoms with Gasteiger partial charge in [-0.15, -0.1) is 0 Å². The Labute approximate surface area is 302 Å². The molecule has 0 saturated heterocycles. The van der Waals surface area contributed by atoms with Crippen molar-refractivity contribution in [1.29, 1.82) is 0 Å². The second-order valence-electron chi connectivity index (χ2n) is 14.1. The van der Waals surface area contributed by atoms with Crippen molar-refractivity contribution in [3.05, 3.63) is 216 Å². The first-order chi connectivity index (χ1) is 25.7. The summed E-state index contributed by atoms with van der Waals surface area (Å²) in [6, 6.07) is 60.2. The van der Waals surface area contributed by atoms with E-state index in [0.717, 1.165) is 16.8 Å². The second kappa shape index (κ2) is 10.7. The van der Waals surface area contributed by atoms with Crippen LogP contribution in [0.5, 0.6) is 0 Å². The van der Waals surface area contributed by atoms with Crippen molar-refractivity contribution in [3.63, 3.8) is 0 Å². The maximum atomic E-state index is 5.06. The van der Waals surface area contributed by atoms with Crippen molar-refractivity contribution in [1.82, 2.24) is 9.13 Å². The standard InChI is InChI=1S/C50H34N2/c1-3-16-39-35-19-7-10-23-41(35)50(42-24-11-14-28-46(42)52-45-27-13-9-21-37(45)40-22-15-25-43(50)49(40)52)48(39)32(2)33-29-30-38-36-20-8-12-26-44(36)51(47(38)31-33)34-17-5-4-6-18-34/h3-31H,2H2,1H3/b16-3-. The average Bonchev–Trinajstić information content (AvgIpc) is 3.82. The highest BCUT2D eigenvalue weighted by Gasteiger charge is 2.52. The van der Waals surface area contributed by atoms with E-state index >= 15 is 0 Å². The van der Waals surface area contributed by atoms with Crippen molar-refractivity contribution >= 4 is 54.8 Å². The van der Waals surface area contributed by atoms with Crippen molar-refractivity contribution < 1.29 is 0 Å². The van der Waals surface area contributed by atoms with Gasteiger partial charge in [0.2, 0.25) is 0 Å². The fourth-order valence-electron chi connectivity index (χ4n) is 9.66. The topological polar surface area (TPSA) is 9.86 Å². The SMILES string of the molecule is C=C(C1=C(/C=C\C)c2ccccc2C12c1ccccc1-n1c3ccccc3c3cccc2c31)c1ccc2c3ccccc3n(-c3ccccc3)c2c1. The lowest BCUT2D eigenvalue weighted by Gasteiger charge is -2.41. The van der Waals surface area contributed by atoms with Gasteiger partial charge in [-0.25, -0.2) is 0 Å². The molecule has 1 aliphatic carbocycles. The van der Waals surface area contributed by atoms with Gasteiger partial charge in [-0.05, 0) is 87.9 Å². The molecule has 0 saturated carbocycles. The zero-order chi connectivity index (χ0) is 34.6. The van der Waals surface area contributed by atoms with Gasteiger partial charge in [0, 0.05) is 27.2 Å². The first-order valence-electron chi connectivity index (χ1n) is 18.1. The molecule has 11 rings (SSSR count). The Morgan fingerprint density at radius 3 is 1.96 bits per heavy atom. The van der Waals surface area contributed by atoms with Gasteiger partial charge in [0.15, 0.2) is 0 Å². The molecule has 244 valence electrons. The molecule has 7 aromatic carbocycles. The quantitative estimate of drug-likeness (QED) is 0.177. The zero-order valence-electron chi connectivity index (χ0n) is 28.8. The van der Waals surface area contributed by atoms with Crippen LogP contribution >= 0.6 is 0 Å². The van der Waals surface area contributed by atoms with Crippen molar-refractivity contribution in [2.75, 3.05) is 0 Å². The number of fused-ring (bicyclic) bond motifs is 12. The molecule has 1 atom stereocenters. The Morgan fingerprint density at radius 1 is 0.538 bits per heavy atom. The molecule has 2 heteroatoms. The number of rotatable bonds is 4. The van der Waals surface area contributed by atoms with Crippen LogP contribution in [-0.4, -0.2) is 9.13 Å². The van der Waals surface area contributed by atoms with E-state index in [1.807, 2.05) is 0 Å². The maximum Gasteiger partial charge on any atom is 0.0760 e. The summed E-state index contributed by atoms with van der Waals surface area (Å²) in [7, 11) is 0. The van der Waals surface area contributed by atoms with Crippen LogP contribution in [0.25, 0.3) is 66.1 Å². The van der Waals surface area contributed by atoms with Crippen LogP contribution in [0.15, 0.2) is 188 Å². The summed E-state index contributed by atoms with van der Waals surface area (Å²) in [6.07, 6.45) is 4.49. The van der Waals surface area contributed by atoms with E-state index in [2.05, 4.69) is 192 Å². The van der Waals surface area contributed by atoms with E-state index in [1.54, 1.807) is 0 Å². The minimum Gasteiger partial charge on any atom is -0.309 e. The van der Waals surface area contributed by atoms with Gasteiger partial charge in [0.05, 0.1) is 33.2 Å². The van der Waals surface area contributed by atoms with Crippen LogP contribution in [-0.2, 0) is 5.41 Å². The summed E-state index contributed by atoms with van der Waals surface area (Å²) in [5.74, 6) is 0. The van der Waals surface area contributed by atoms with Gasteiger partial charge in [-0.1, -0.05) is 146 Å². The Morgan fingerprint density at radius 2 is 1.15 bits per heavy atom. The second-order valence-corrected chi connectivity index (χ2v) is 14.1. The summed E-state index contributed by atoms with van der Waals surface area (Å²) >= 11 is 0. The van der Waals surface area contributed by atoms with Crippen LogP contribution in [0.2, 0.25) is 0 Å². The molecule has 1 spiro atoms. The lowest BCUT2D eigenvalue weighted by atomic mass is 9.62. The Kier molecular flexibility index (Phi) is 5.98. The maximum absolute atomic E-state index is 5.06. The molecular formula is C50H34N2. The summed E-state index contributed by atoms with van der Waals surface area (Å²) in [6.45, 7) is 7.19. The number of aromatic nitrogens is 2. The number of hydrogen-bond acceptors (Lipinski definition) is 0. The van der Waals surface area contributed by atoms with E-state index in [0.29, 0.717) is 0 Å². The molecule has 3 heterocycles. The summed E-state index contributed by atoms with van der Waals surface area (Å²) in [4.78, 5) is 0. The number of allylic oxidation sites excluding steroid dienone is 5. The molecule has 52 heavy (non-hydrogen) atoms. The van der Waals surface area contributed by atoms with Gasteiger partial charge in [-0.3, -0.25) is 0 Å². The van der Waals surface area contributed by atoms with Crippen LogP contribution < -0.4 is 0 Å². The number of benzene rings is 7. The molecule has 2 nitrogen and oxygen atoms in total. The molecule has 0 radical (unpaired) electrons. The highest BCUT2D eigenvalue weighted by molar-refractivity contribution is 6.15. The smallest absolute Gasteiger partial charge is 0.0760 e. The minimum atomic E-state index is -0.593. The van der Waals surface area contributed by atoms with Crippen molar-refractivity contribution in [2.24, 2.45) is 0 Å². The van der Waals surface area contributed by atoms with Gasteiger partial charge in [0.1, 0.15) is 0 Å². The fraction of sp³-hybridized carbons (Fsp3) is 0.0400. The van der Waals surface area contributed by atoms with Crippen LogP contribution in [0.1, 0.15) is 34.7 Å². The lowest BCUT2D eigenvalue weighted by Crippen LogP contribution is -2.35. The third-order valence-electron chi connectivity index (χ3n) is 11.6. The molecular weight excluding hydrogens is 629 g/mol. The summed E-state index contributed by atoms with van der Waals surface area (Å²) in [5.41, 5.74) is 16.4. The fourth-order valence-corrected chi connectivity index (χ4v) is 9.66. The Hall–Kier alpha value is -6.64. The summed E-state index contributed by atoms with van der Waals surface area (Å²) < 4.78 is 4.90. The van der Waals surface area contributed by atoms with E-state index < -0.39 is 5.41 Å². The number of nitrogens with zero attached hydrogens (tertiary/aromatic N) is 2. The van der Waals surface area contributed by atoms with Crippen LogP contribution in [0.4, 0.5) is 0 Å². The van der Waals surface area contributed by atoms with Gasteiger partial charge in [-0.2, -0.15) is 0 Å². The van der Waals surface area contributed by atoms with Gasteiger partial charge in [0.25, 0.3) is 0 Å². The zero-order valence-corrected chi connectivity index (χ0v) is 28.8. The summed E-state index contributed by atoms with van der Waals surface area (Å²) in [5, 5.41) is 5.03. The molecule has 0 amide bonds. The minimum absolute atomic E-state index is 0.593. The van der Waals surface area contributed by atoms with E-state index in [1.165, 1.54) is 82.7 Å². The highest BCUT2D eigenvalue weighted by Crippen LogP contribution is 2.62. The molecule has 1 aliphatic heterocycles. The average molecular weight is 663 g/mol. The predicted octanol–water partition coefficient (Wildman–Crippen LogP) is 12.6. The van der Waals surface area contributed by atoms with Gasteiger partial charge >= 0.3 is 0 Å². The lowest BCUT2D eigenvalue weighted by molar-refractivity contribution is 0.746. The molecule has 1 unspecified atom stereocenters. The third-order valence-corrected chi connectivity index (χ3v) is 11.6. The molecule has 2 aromatic heterocycles. The predicted molar refractivity (Wildman–Crippen MR) is 219 cm³/mol. The van der Waals surface area contributed by atoms with E-state index in [4.69, 9.17) is 6.58 Å². The van der Waals surface area contributed by atoms with E-state index in [-0.39, 0.29) is 0 Å². The first kappa shape index (κ1) is 29.1. The van der Waals surface area contributed by atoms with Crippen LogP contribution in [0.3, 0.4) is 0 Å². The van der Waals surface area contributed by atoms with Crippen LogP contribution in [0, 0.1) is 0 Å². The Bertz CT molecular complexity index is 3040. The molecule has 9 aromatic rings. The van der Waals surface area contributed by atoms with Crippen molar-refractivity contribution in [2.45, 2.75) is 12.3 Å². The number of hydrogen-bond donors (Lipinski definition) is 0. The van der Waals surface area contributed by atoms with Gasteiger partial charge < -0.3 is 9.13 Å². The molecule has 2 aliphatic rings. The highest BCUT2D eigenvalue weighted by atomic mass is 15.0. The molecule has 0 bridgehead atoms. The monoisotopic (exact) mass is 662 g/mol. The largest absolute Gasteiger partial charge is 0.309 e. The van der Waals surface area contributed by atoms with E-state index in [9.17, 15) is 0 Å².